The van der Waals surface area contributed by atoms with Crippen LogP contribution < -0.4 is 0 Å². The van der Waals surface area contributed by atoms with Gasteiger partial charge in [-0.15, -0.1) is 11.6 Å². The molecule has 0 atom stereocenters. The normalized spacial score (nSPS) is 11.4. The van der Waals surface area contributed by atoms with Crippen LogP contribution in [0.25, 0.3) is 0 Å². The predicted molar refractivity (Wildman–Crippen MR) is 53.3 cm³/mol. The van der Waals surface area contributed by atoms with Crippen molar-refractivity contribution in [3.8, 4) is 0 Å². The summed E-state index contributed by atoms with van der Waals surface area (Å²) in [4.78, 5) is 13.3. The molecule has 1 aromatic heterocycles. The number of amides is 1. The van der Waals surface area contributed by atoms with E-state index in [-0.39, 0.29) is 5.91 Å². The van der Waals surface area contributed by atoms with Gasteiger partial charge in [-0.2, -0.15) is 15.4 Å². The molecule has 0 unspecified atom stereocenters. The van der Waals surface area contributed by atoms with E-state index in [2.05, 4.69) is 15.4 Å². The molecule has 0 fully saturated rings. The molecule has 0 radical (unpaired) electrons. The van der Waals surface area contributed by atoms with Crippen molar-refractivity contribution in [2.24, 2.45) is 0 Å². The first-order valence-electron chi connectivity index (χ1n) is 4.19. The molecule has 78 valence electrons. The number of nitrogens with one attached hydrogen (secondary N) is 1. The zero-order valence-electron chi connectivity index (χ0n) is 8.41. The highest BCUT2D eigenvalue weighted by Crippen LogP contribution is 2.16. The van der Waals surface area contributed by atoms with Crippen molar-refractivity contribution in [2.75, 3.05) is 12.9 Å². The van der Waals surface area contributed by atoms with Crippen LogP contribution in [0.3, 0.4) is 0 Å². The minimum atomic E-state index is -0.391. The van der Waals surface area contributed by atoms with E-state index < -0.39 is 5.54 Å². The third-order valence-electron chi connectivity index (χ3n) is 2.17. The van der Waals surface area contributed by atoms with Gasteiger partial charge in [-0.1, -0.05) is 0 Å². The van der Waals surface area contributed by atoms with Crippen molar-refractivity contribution in [1.82, 2.24) is 20.3 Å². The maximum absolute atomic E-state index is 11.8. The Bertz CT molecular complexity index is 309. The first kappa shape index (κ1) is 11.0. The maximum atomic E-state index is 11.8. The van der Waals surface area contributed by atoms with Crippen molar-refractivity contribution < 1.29 is 4.79 Å². The first-order chi connectivity index (χ1) is 6.49. The monoisotopic (exact) mass is 216 g/mol. The lowest BCUT2D eigenvalue weighted by Crippen LogP contribution is -2.46. The second-order valence-corrected chi connectivity index (χ2v) is 3.93. The van der Waals surface area contributed by atoms with Gasteiger partial charge >= 0.3 is 0 Å². The Morgan fingerprint density at radius 3 is 2.79 bits per heavy atom. The van der Waals surface area contributed by atoms with Gasteiger partial charge < -0.3 is 4.90 Å². The van der Waals surface area contributed by atoms with Gasteiger partial charge in [-0.05, 0) is 13.8 Å². The molecule has 0 saturated heterocycles. The molecular weight excluding hydrogens is 204 g/mol. The third-order valence-corrected chi connectivity index (χ3v) is 2.83. The first-order valence-corrected chi connectivity index (χ1v) is 4.72. The van der Waals surface area contributed by atoms with Crippen LogP contribution in [0.2, 0.25) is 0 Å². The number of carbonyl (C=O) groups is 1. The Kier molecular flexibility index (Phi) is 3.10. The van der Waals surface area contributed by atoms with Gasteiger partial charge in [0.05, 0.1) is 11.7 Å². The van der Waals surface area contributed by atoms with E-state index >= 15 is 0 Å². The lowest BCUT2D eigenvalue weighted by molar-refractivity contribution is 0.0654. The summed E-state index contributed by atoms with van der Waals surface area (Å²) in [7, 11) is 1.69. The van der Waals surface area contributed by atoms with Crippen LogP contribution in [-0.4, -0.2) is 44.7 Å². The lowest BCUT2D eigenvalue weighted by atomic mass is 10.1. The molecule has 1 N–H and O–H groups in total. The van der Waals surface area contributed by atoms with Gasteiger partial charge in [-0.3, -0.25) is 4.79 Å². The predicted octanol–water partition coefficient (Wildman–Crippen LogP) is 0.894. The summed E-state index contributed by atoms with van der Waals surface area (Å²) in [5, 5.41) is 9.69. The van der Waals surface area contributed by atoms with Crippen LogP contribution in [0, 0.1) is 0 Å². The van der Waals surface area contributed by atoms with Crippen molar-refractivity contribution in [1.29, 1.82) is 0 Å². The molecule has 5 nitrogen and oxygen atoms in total. The van der Waals surface area contributed by atoms with Gasteiger partial charge in [0.2, 0.25) is 0 Å². The van der Waals surface area contributed by atoms with Crippen molar-refractivity contribution in [3.05, 3.63) is 11.9 Å². The standard InChI is InChI=1S/C8H13ClN4O/c1-8(2,5-9)13(3)7(14)6-4-10-12-11-6/h4H,5H2,1-3H3,(H,10,11,12). The number of aromatic nitrogens is 3. The van der Waals surface area contributed by atoms with Crippen LogP contribution in [0.1, 0.15) is 24.3 Å². The molecule has 0 bridgehead atoms. The topological polar surface area (TPSA) is 61.9 Å². The zero-order valence-corrected chi connectivity index (χ0v) is 9.17. The molecule has 0 saturated carbocycles. The fraction of sp³-hybridized carbons (Fsp3) is 0.625. The van der Waals surface area contributed by atoms with Crippen molar-refractivity contribution in [2.45, 2.75) is 19.4 Å². The van der Waals surface area contributed by atoms with E-state index in [9.17, 15) is 4.79 Å². The molecule has 0 aliphatic rings. The average Bonchev–Trinajstić information content (AvgIpc) is 2.68. The minimum Gasteiger partial charge on any atom is -0.334 e. The number of nitrogens with zero attached hydrogens (tertiary/aromatic N) is 3. The van der Waals surface area contributed by atoms with Gasteiger partial charge in [0.15, 0.2) is 5.69 Å². The summed E-state index contributed by atoms with van der Waals surface area (Å²) in [5.74, 6) is 0.178. The number of carbonyl (C=O) groups excluding carboxylic acids is 1. The molecule has 0 spiro atoms. The van der Waals surface area contributed by atoms with Crippen molar-refractivity contribution in [3.63, 3.8) is 0 Å². The second-order valence-electron chi connectivity index (χ2n) is 3.67. The molecule has 14 heavy (non-hydrogen) atoms. The van der Waals surface area contributed by atoms with Gasteiger partial charge in [0.1, 0.15) is 0 Å². The summed E-state index contributed by atoms with van der Waals surface area (Å²) >= 11 is 5.76. The lowest BCUT2D eigenvalue weighted by Gasteiger charge is -2.33. The van der Waals surface area contributed by atoms with Gasteiger partial charge in [-0.25, -0.2) is 0 Å². The Labute approximate surface area is 87.4 Å². The van der Waals surface area contributed by atoms with Crippen LogP contribution in [0.4, 0.5) is 0 Å². The smallest absolute Gasteiger partial charge is 0.276 e. The van der Waals surface area contributed by atoms with E-state index in [1.54, 1.807) is 11.9 Å². The van der Waals surface area contributed by atoms with Gasteiger partial charge in [0.25, 0.3) is 5.91 Å². The Balaban J connectivity index is 2.81. The Morgan fingerprint density at radius 2 is 2.36 bits per heavy atom. The van der Waals surface area contributed by atoms with Crippen LogP contribution >= 0.6 is 11.6 Å². The molecule has 1 aromatic rings. The SMILES string of the molecule is CN(C(=O)c1cn[nH]n1)C(C)(C)CCl. The number of hydrogen-bond donors (Lipinski definition) is 1. The molecule has 1 rings (SSSR count). The summed E-state index contributed by atoms with van der Waals surface area (Å²) < 4.78 is 0. The molecular formula is C8H13ClN4O. The van der Waals surface area contributed by atoms with E-state index in [0.717, 1.165) is 0 Å². The van der Waals surface area contributed by atoms with E-state index in [1.165, 1.54) is 6.20 Å². The van der Waals surface area contributed by atoms with Crippen LogP contribution in [0.15, 0.2) is 6.20 Å². The zero-order chi connectivity index (χ0) is 10.8. The quantitative estimate of drug-likeness (QED) is 0.764. The highest BCUT2D eigenvalue weighted by atomic mass is 35.5. The number of alkyl halides is 1. The highest BCUT2D eigenvalue weighted by Gasteiger charge is 2.28. The third kappa shape index (κ3) is 2.04. The number of H-pyrrole nitrogens is 1. The molecule has 0 aliphatic carbocycles. The second kappa shape index (κ2) is 3.96. The molecule has 6 heteroatoms. The van der Waals surface area contributed by atoms with Crippen LogP contribution in [-0.2, 0) is 0 Å². The van der Waals surface area contributed by atoms with E-state index in [1.807, 2.05) is 13.8 Å². The number of rotatable bonds is 3. The van der Waals surface area contributed by atoms with E-state index in [0.29, 0.717) is 11.6 Å². The highest BCUT2D eigenvalue weighted by molar-refractivity contribution is 6.18. The molecule has 1 heterocycles. The summed E-state index contributed by atoms with van der Waals surface area (Å²) in [6.07, 6.45) is 1.39. The van der Waals surface area contributed by atoms with Gasteiger partial charge in [0, 0.05) is 12.9 Å². The molecule has 1 amide bonds. The fourth-order valence-corrected chi connectivity index (χ4v) is 1.02. The summed E-state index contributed by atoms with van der Waals surface area (Å²) in [5.41, 5.74) is -0.0943. The van der Waals surface area contributed by atoms with Crippen molar-refractivity contribution >= 4 is 17.5 Å². The fourth-order valence-electron chi connectivity index (χ4n) is 0.841. The largest absolute Gasteiger partial charge is 0.334 e. The number of aromatic amines is 1. The van der Waals surface area contributed by atoms with E-state index in [4.69, 9.17) is 11.6 Å². The summed E-state index contributed by atoms with van der Waals surface area (Å²) in [6, 6.07) is 0. The van der Waals surface area contributed by atoms with Crippen LogP contribution in [0.5, 0.6) is 0 Å². The Morgan fingerprint density at radius 1 is 1.71 bits per heavy atom. The minimum absolute atomic E-state index is 0.190. The number of hydrogen-bond acceptors (Lipinski definition) is 3. The number of halogens is 1. The summed E-state index contributed by atoms with van der Waals surface area (Å²) in [6.45, 7) is 3.77. The Hall–Kier alpha value is -1.10. The molecule has 0 aromatic carbocycles. The maximum Gasteiger partial charge on any atom is 0.276 e. The average molecular weight is 217 g/mol. The molecule has 0 aliphatic heterocycles.